The zero-order chi connectivity index (χ0) is 15.1. The average Bonchev–Trinajstić information content (AvgIpc) is 2.47. The number of benzene rings is 1. The third kappa shape index (κ3) is 6.01. The number of carbonyl (C=O) groups is 1. The van der Waals surface area contributed by atoms with Crippen molar-refractivity contribution in [3.63, 3.8) is 0 Å². The highest BCUT2D eigenvalue weighted by atomic mass is 35.5. The number of nitrogens with zero attached hydrogens (tertiary/aromatic N) is 2. The van der Waals surface area contributed by atoms with Gasteiger partial charge in [-0.1, -0.05) is 23.7 Å². The SMILES string of the molecule is NC(=O)COCCN1CCN(Cc2ccc(Cl)cc2)CC1. The predicted molar refractivity (Wildman–Crippen MR) is 83.2 cm³/mol. The Bertz CT molecular complexity index is 445. The average molecular weight is 312 g/mol. The molecule has 1 saturated heterocycles. The molecule has 2 rings (SSSR count). The lowest BCUT2D eigenvalue weighted by Crippen LogP contribution is -2.46. The van der Waals surface area contributed by atoms with Crippen LogP contribution in [-0.4, -0.2) is 61.6 Å². The van der Waals surface area contributed by atoms with Crippen molar-refractivity contribution in [2.45, 2.75) is 6.54 Å². The van der Waals surface area contributed by atoms with E-state index in [-0.39, 0.29) is 6.61 Å². The van der Waals surface area contributed by atoms with Crippen LogP contribution in [-0.2, 0) is 16.1 Å². The zero-order valence-electron chi connectivity index (χ0n) is 12.1. The molecule has 1 aliphatic heterocycles. The molecule has 1 aromatic carbocycles. The van der Waals surface area contributed by atoms with E-state index in [0.29, 0.717) is 6.61 Å². The molecular weight excluding hydrogens is 290 g/mol. The number of ether oxygens (including phenoxy) is 1. The summed E-state index contributed by atoms with van der Waals surface area (Å²) in [4.78, 5) is 15.3. The lowest BCUT2D eigenvalue weighted by atomic mass is 10.2. The van der Waals surface area contributed by atoms with Crippen LogP contribution in [0.4, 0.5) is 0 Å². The Labute approximate surface area is 130 Å². The summed E-state index contributed by atoms with van der Waals surface area (Å²) in [7, 11) is 0. The van der Waals surface area contributed by atoms with Crippen molar-refractivity contribution in [1.29, 1.82) is 0 Å². The van der Waals surface area contributed by atoms with E-state index in [1.54, 1.807) is 0 Å². The molecule has 2 N–H and O–H groups in total. The number of hydrogen-bond acceptors (Lipinski definition) is 4. The summed E-state index contributed by atoms with van der Waals surface area (Å²) in [6.07, 6.45) is 0. The second-order valence-corrected chi connectivity index (χ2v) is 5.70. The van der Waals surface area contributed by atoms with Crippen LogP contribution in [0.1, 0.15) is 5.56 Å². The number of nitrogens with two attached hydrogens (primary N) is 1. The third-order valence-electron chi connectivity index (χ3n) is 3.58. The lowest BCUT2D eigenvalue weighted by Gasteiger charge is -2.34. The third-order valence-corrected chi connectivity index (χ3v) is 3.83. The highest BCUT2D eigenvalue weighted by Gasteiger charge is 2.16. The van der Waals surface area contributed by atoms with E-state index in [1.807, 2.05) is 12.1 Å². The normalized spacial score (nSPS) is 17.0. The van der Waals surface area contributed by atoms with Crippen molar-refractivity contribution in [2.24, 2.45) is 5.73 Å². The van der Waals surface area contributed by atoms with Gasteiger partial charge in [-0.3, -0.25) is 14.6 Å². The van der Waals surface area contributed by atoms with Crippen molar-refractivity contribution in [3.05, 3.63) is 34.9 Å². The molecule has 1 aromatic rings. The summed E-state index contributed by atoms with van der Waals surface area (Å²) in [6.45, 7) is 6.50. The molecule has 0 saturated carbocycles. The molecule has 0 radical (unpaired) electrons. The highest BCUT2D eigenvalue weighted by molar-refractivity contribution is 6.30. The topological polar surface area (TPSA) is 58.8 Å². The van der Waals surface area contributed by atoms with Gasteiger partial charge in [-0.25, -0.2) is 0 Å². The van der Waals surface area contributed by atoms with Crippen molar-refractivity contribution in [1.82, 2.24) is 9.80 Å². The summed E-state index contributed by atoms with van der Waals surface area (Å²) in [5.74, 6) is -0.414. The molecule has 116 valence electrons. The van der Waals surface area contributed by atoms with Crippen LogP contribution >= 0.6 is 11.6 Å². The molecule has 0 bridgehead atoms. The first-order valence-electron chi connectivity index (χ1n) is 7.18. The van der Waals surface area contributed by atoms with E-state index in [1.165, 1.54) is 5.56 Å². The minimum absolute atomic E-state index is 0.0104. The molecule has 1 heterocycles. The Morgan fingerprint density at radius 1 is 1.14 bits per heavy atom. The van der Waals surface area contributed by atoms with Gasteiger partial charge >= 0.3 is 0 Å². The highest BCUT2D eigenvalue weighted by Crippen LogP contribution is 2.12. The number of rotatable bonds is 7. The minimum atomic E-state index is -0.414. The minimum Gasteiger partial charge on any atom is -0.370 e. The van der Waals surface area contributed by atoms with Gasteiger partial charge < -0.3 is 10.5 Å². The van der Waals surface area contributed by atoms with Crippen LogP contribution < -0.4 is 5.73 Å². The van der Waals surface area contributed by atoms with Crippen molar-refractivity contribution in [2.75, 3.05) is 45.9 Å². The largest absolute Gasteiger partial charge is 0.370 e. The smallest absolute Gasteiger partial charge is 0.243 e. The molecule has 21 heavy (non-hydrogen) atoms. The van der Waals surface area contributed by atoms with E-state index < -0.39 is 5.91 Å². The molecule has 0 aromatic heterocycles. The summed E-state index contributed by atoms with van der Waals surface area (Å²) in [6, 6.07) is 8.02. The number of amides is 1. The Morgan fingerprint density at radius 2 is 1.76 bits per heavy atom. The standard InChI is InChI=1S/C15H22ClN3O2/c16-14-3-1-13(2-4-14)11-19-7-5-18(6-8-19)9-10-21-12-15(17)20/h1-4H,5-12H2,(H2,17,20). The Kier molecular flexibility index (Phi) is 6.45. The van der Waals surface area contributed by atoms with Crippen LogP contribution in [0, 0.1) is 0 Å². The molecule has 1 fully saturated rings. The van der Waals surface area contributed by atoms with Crippen LogP contribution in [0.2, 0.25) is 5.02 Å². The summed E-state index contributed by atoms with van der Waals surface area (Å²) < 4.78 is 5.19. The Hall–Kier alpha value is -1.14. The van der Waals surface area contributed by atoms with Crippen molar-refractivity contribution < 1.29 is 9.53 Å². The molecule has 5 nitrogen and oxygen atoms in total. The van der Waals surface area contributed by atoms with Crippen LogP contribution in [0.15, 0.2) is 24.3 Å². The van der Waals surface area contributed by atoms with Gasteiger partial charge in [0.2, 0.25) is 5.91 Å². The van der Waals surface area contributed by atoms with E-state index in [2.05, 4.69) is 21.9 Å². The molecule has 0 atom stereocenters. The molecule has 6 heteroatoms. The zero-order valence-corrected chi connectivity index (χ0v) is 12.9. The maximum absolute atomic E-state index is 10.6. The second-order valence-electron chi connectivity index (χ2n) is 5.26. The van der Waals surface area contributed by atoms with E-state index in [9.17, 15) is 4.79 Å². The van der Waals surface area contributed by atoms with E-state index in [0.717, 1.165) is 44.3 Å². The lowest BCUT2D eigenvalue weighted by molar-refractivity contribution is -0.122. The van der Waals surface area contributed by atoms with Crippen LogP contribution in [0.25, 0.3) is 0 Å². The fourth-order valence-corrected chi connectivity index (χ4v) is 2.51. The van der Waals surface area contributed by atoms with Gasteiger partial charge in [0.15, 0.2) is 0 Å². The van der Waals surface area contributed by atoms with Crippen molar-refractivity contribution >= 4 is 17.5 Å². The monoisotopic (exact) mass is 311 g/mol. The summed E-state index contributed by atoms with van der Waals surface area (Å²) in [5.41, 5.74) is 6.31. The van der Waals surface area contributed by atoms with E-state index in [4.69, 9.17) is 22.1 Å². The van der Waals surface area contributed by atoms with Gasteiger partial charge in [-0.05, 0) is 17.7 Å². The molecule has 0 unspecified atom stereocenters. The molecular formula is C15H22ClN3O2. The number of hydrogen-bond donors (Lipinski definition) is 1. The van der Waals surface area contributed by atoms with Gasteiger partial charge in [0, 0.05) is 44.3 Å². The van der Waals surface area contributed by atoms with Gasteiger partial charge in [0.25, 0.3) is 0 Å². The molecule has 1 amide bonds. The van der Waals surface area contributed by atoms with E-state index >= 15 is 0 Å². The van der Waals surface area contributed by atoms with Gasteiger partial charge in [-0.15, -0.1) is 0 Å². The quantitative estimate of drug-likeness (QED) is 0.762. The van der Waals surface area contributed by atoms with Crippen LogP contribution in [0.3, 0.4) is 0 Å². The first kappa shape index (κ1) is 16.2. The number of halogens is 1. The number of carbonyl (C=O) groups excluding carboxylic acids is 1. The fourth-order valence-electron chi connectivity index (χ4n) is 2.39. The first-order valence-corrected chi connectivity index (χ1v) is 7.56. The van der Waals surface area contributed by atoms with Crippen LogP contribution in [0.5, 0.6) is 0 Å². The second kappa shape index (κ2) is 8.34. The maximum Gasteiger partial charge on any atom is 0.243 e. The van der Waals surface area contributed by atoms with Gasteiger partial charge in [0.1, 0.15) is 6.61 Å². The van der Waals surface area contributed by atoms with Gasteiger partial charge in [0.05, 0.1) is 6.61 Å². The maximum atomic E-state index is 10.6. The number of primary amides is 1. The summed E-state index contributed by atoms with van der Waals surface area (Å²) in [5, 5.41) is 0.777. The summed E-state index contributed by atoms with van der Waals surface area (Å²) >= 11 is 5.89. The molecule has 1 aliphatic rings. The number of piperazine rings is 1. The first-order chi connectivity index (χ1) is 10.1. The Morgan fingerprint density at radius 3 is 2.38 bits per heavy atom. The van der Waals surface area contributed by atoms with Gasteiger partial charge in [-0.2, -0.15) is 0 Å². The molecule has 0 aliphatic carbocycles. The predicted octanol–water partition coefficient (Wildman–Crippen LogP) is 0.960. The fraction of sp³-hybridized carbons (Fsp3) is 0.533. The molecule has 0 spiro atoms. The Balaban J connectivity index is 1.64. The van der Waals surface area contributed by atoms with Crippen molar-refractivity contribution in [3.8, 4) is 0 Å².